The molecule has 1 aromatic rings. The molecular formula is C14H21Br. The van der Waals surface area contributed by atoms with Crippen molar-refractivity contribution < 1.29 is 0 Å². The van der Waals surface area contributed by atoms with Crippen LogP contribution < -0.4 is 0 Å². The van der Waals surface area contributed by atoms with E-state index in [4.69, 9.17) is 0 Å². The zero-order chi connectivity index (χ0) is 11.3. The van der Waals surface area contributed by atoms with Gasteiger partial charge in [0.1, 0.15) is 0 Å². The second kappa shape index (κ2) is 6.32. The summed E-state index contributed by atoms with van der Waals surface area (Å²) in [5, 5.41) is 0. The highest BCUT2D eigenvalue weighted by atomic mass is 79.9. The topological polar surface area (TPSA) is 0 Å². The average molecular weight is 269 g/mol. The van der Waals surface area contributed by atoms with Gasteiger partial charge in [-0.3, -0.25) is 0 Å². The van der Waals surface area contributed by atoms with E-state index < -0.39 is 0 Å². The van der Waals surface area contributed by atoms with Gasteiger partial charge in [0, 0.05) is 4.83 Å². The minimum atomic E-state index is 0.642. The van der Waals surface area contributed by atoms with Gasteiger partial charge in [-0.15, -0.1) is 0 Å². The third-order valence-electron chi connectivity index (χ3n) is 3.00. The molecule has 2 atom stereocenters. The smallest absolute Gasteiger partial charge is 0.0172 e. The molecule has 0 radical (unpaired) electrons. The number of hydrogen-bond acceptors (Lipinski definition) is 0. The van der Waals surface area contributed by atoms with Gasteiger partial charge >= 0.3 is 0 Å². The van der Waals surface area contributed by atoms with Crippen molar-refractivity contribution >= 4 is 15.9 Å². The van der Waals surface area contributed by atoms with Gasteiger partial charge in [-0.25, -0.2) is 0 Å². The Kier molecular flexibility index (Phi) is 5.38. The zero-order valence-electron chi connectivity index (χ0n) is 9.96. The molecule has 84 valence electrons. The van der Waals surface area contributed by atoms with Gasteiger partial charge in [0.05, 0.1) is 0 Å². The van der Waals surface area contributed by atoms with Gasteiger partial charge in [-0.2, -0.15) is 0 Å². The van der Waals surface area contributed by atoms with Gasteiger partial charge < -0.3 is 0 Å². The molecule has 1 aromatic carbocycles. The quantitative estimate of drug-likeness (QED) is 0.685. The Balaban J connectivity index is 2.57. The fourth-order valence-electron chi connectivity index (χ4n) is 1.81. The molecule has 0 aliphatic carbocycles. The van der Waals surface area contributed by atoms with E-state index in [0.29, 0.717) is 10.7 Å². The second-order valence-corrected chi connectivity index (χ2v) is 5.45. The van der Waals surface area contributed by atoms with Gasteiger partial charge in [-0.05, 0) is 36.3 Å². The lowest BCUT2D eigenvalue weighted by molar-refractivity contribution is 0.545. The fraction of sp³-hybridized carbons (Fsp3) is 0.571. The molecule has 0 aliphatic rings. The Morgan fingerprint density at radius 2 is 1.60 bits per heavy atom. The van der Waals surface area contributed by atoms with Gasteiger partial charge in [0.2, 0.25) is 0 Å². The zero-order valence-corrected chi connectivity index (χ0v) is 11.5. The molecule has 0 bridgehead atoms. The van der Waals surface area contributed by atoms with E-state index in [1.807, 2.05) is 0 Å². The minimum Gasteiger partial charge on any atom is -0.0888 e. The molecule has 0 saturated carbocycles. The lowest BCUT2D eigenvalue weighted by Crippen LogP contribution is -2.12. The summed E-state index contributed by atoms with van der Waals surface area (Å²) in [6.45, 7) is 6.75. The lowest BCUT2D eigenvalue weighted by Gasteiger charge is -2.16. The number of benzene rings is 1. The largest absolute Gasteiger partial charge is 0.0888 e. The summed E-state index contributed by atoms with van der Waals surface area (Å²) in [6, 6.07) is 9.03. The van der Waals surface area contributed by atoms with Crippen molar-refractivity contribution in [3.05, 3.63) is 35.4 Å². The van der Waals surface area contributed by atoms with Crippen LogP contribution in [0.15, 0.2) is 24.3 Å². The third kappa shape index (κ3) is 3.98. The average Bonchev–Trinajstić information content (AvgIpc) is 2.29. The summed E-state index contributed by atoms with van der Waals surface area (Å²) in [4.78, 5) is 0.642. The van der Waals surface area contributed by atoms with Crippen molar-refractivity contribution in [1.29, 1.82) is 0 Å². The monoisotopic (exact) mass is 268 g/mol. The molecule has 0 nitrogen and oxygen atoms in total. The number of hydrogen-bond donors (Lipinski definition) is 0. The van der Waals surface area contributed by atoms with Crippen LogP contribution in [0.25, 0.3) is 0 Å². The van der Waals surface area contributed by atoms with E-state index in [9.17, 15) is 0 Å². The van der Waals surface area contributed by atoms with Crippen molar-refractivity contribution in [3.63, 3.8) is 0 Å². The summed E-state index contributed by atoms with van der Waals surface area (Å²) in [7, 11) is 0. The van der Waals surface area contributed by atoms with Crippen LogP contribution >= 0.6 is 15.9 Å². The van der Waals surface area contributed by atoms with E-state index in [1.165, 1.54) is 24.0 Å². The second-order valence-electron chi connectivity index (χ2n) is 4.28. The molecule has 0 heterocycles. The molecule has 0 aromatic heterocycles. The van der Waals surface area contributed by atoms with Crippen molar-refractivity contribution in [2.45, 2.75) is 44.9 Å². The molecule has 1 rings (SSSR count). The third-order valence-corrected chi connectivity index (χ3v) is 4.55. The molecule has 0 aliphatic heterocycles. The summed E-state index contributed by atoms with van der Waals surface area (Å²) in [5.74, 6) is 0.711. The van der Waals surface area contributed by atoms with E-state index in [0.717, 1.165) is 6.42 Å². The first kappa shape index (κ1) is 12.8. The van der Waals surface area contributed by atoms with E-state index >= 15 is 0 Å². The summed E-state index contributed by atoms with van der Waals surface area (Å²) >= 11 is 3.73. The Labute approximate surface area is 102 Å². The highest BCUT2D eigenvalue weighted by Gasteiger charge is 2.12. The SMILES string of the molecule is CCc1ccc(CC(C)C(Br)CC)cc1. The molecule has 0 spiro atoms. The molecule has 0 saturated heterocycles. The van der Waals surface area contributed by atoms with Crippen LogP contribution in [0.5, 0.6) is 0 Å². The van der Waals surface area contributed by atoms with Crippen LogP contribution in [0.3, 0.4) is 0 Å². The fourth-order valence-corrected chi connectivity index (χ4v) is 2.00. The first-order valence-corrected chi connectivity index (χ1v) is 6.80. The molecule has 2 unspecified atom stereocenters. The maximum atomic E-state index is 3.73. The maximum absolute atomic E-state index is 3.73. The molecule has 0 amide bonds. The van der Waals surface area contributed by atoms with Crippen molar-refractivity contribution in [1.82, 2.24) is 0 Å². The highest BCUT2D eigenvalue weighted by molar-refractivity contribution is 9.09. The molecule has 1 heteroatoms. The Morgan fingerprint density at radius 3 is 2.07 bits per heavy atom. The molecule has 0 N–H and O–H groups in total. The molecule has 0 fully saturated rings. The normalized spacial score (nSPS) is 14.9. The lowest BCUT2D eigenvalue weighted by atomic mass is 9.96. The van der Waals surface area contributed by atoms with Crippen LogP contribution in [0.1, 0.15) is 38.3 Å². The summed E-state index contributed by atoms with van der Waals surface area (Å²) in [5.41, 5.74) is 2.88. The summed E-state index contributed by atoms with van der Waals surface area (Å²) < 4.78 is 0. The van der Waals surface area contributed by atoms with Crippen LogP contribution in [0.4, 0.5) is 0 Å². The predicted molar refractivity (Wildman–Crippen MR) is 71.7 cm³/mol. The van der Waals surface area contributed by atoms with Gasteiger partial charge in [0.25, 0.3) is 0 Å². The van der Waals surface area contributed by atoms with E-state index in [2.05, 4.69) is 61.0 Å². The summed E-state index contributed by atoms with van der Waals surface area (Å²) in [6.07, 6.45) is 3.51. The first-order valence-electron chi connectivity index (χ1n) is 5.89. The highest BCUT2D eigenvalue weighted by Crippen LogP contribution is 2.20. The van der Waals surface area contributed by atoms with E-state index in [-0.39, 0.29) is 0 Å². The van der Waals surface area contributed by atoms with Gasteiger partial charge in [-0.1, -0.05) is 61.0 Å². The first-order chi connectivity index (χ1) is 7.17. The Bertz CT molecular complexity index is 276. The number of alkyl halides is 1. The minimum absolute atomic E-state index is 0.642. The van der Waals surface area contributed by atoms with Crippen LogP contribution in [0, 0.1) is 5.92 Å². The predicted octanol–water partition coefficient (Wildman–Crippen LogP) is 4.60. The number of halogens is 1. The van der Waals surface area contributed by atoms with Crippen molar-refractivity contribution in [3.8, 4) is 0 Å². The number of rotatable bonds is 5. The maximum Gasteiger partial charge on any atom is 0.0172 e. The molecular weight excluding hydrogens is 248 g/mol. The number of aryl methyl sites for hydroxylation is 1. The van der Waals surface area contributed by atoms with Crippen molar-refractivity contribution in [2.24, 2.45) is 5.92 Å². The van der Waals surface area contributed by atoms with Crippen LogP contribution in [0.2, 0.25) is 0 Å². The van der Waals surface area contributed by atoms with Crippen molar-refractivity contribution in [2.75, 3.05) is 0 Å². The van der Waals surface area contributed by atoms with Gasteiger partial charge in [0.15, 0.2) is 0 Å². The van der Waals surface area contributed by atoms with Crippen LogP contribution in [-0.4, -0.2) is 4.83 Å². The standard InChI is InChI=1S/C14H21Br/c1-4-12-6-8-13(9-7-12)10-11(3)14(15)5-2/h6-9,11,14H,4-5,10H2,1-3H3. The van der Waals surface area contributed by atoms with Crippen LogP contribution in [-0.2, 0) is 12.8 Å². The molecule has 15 heavy (non-hydrogen) atoms. The van der Waals surface area contributed by atoms with E-state index in [1.54, 1.807) is 0 Å². The Morgan fingerprint density at radius 1 is 1.07 bits per heavy atom. The Hall–Kier alpha value is -0.300.